The average molecular weight is 273 g/mol. The molecule has 106 valence electrons. The fourth-order valence-corrected chi connectivity index (χ4v) is 2.80. The Morgan fingerprint density at radius 3 is 2.35 bits per heavy atom. The minimum atomic E-state index is -0.240. The molecule has 1 fully saturated rings. The molecular formula is C15H19N3O2. The Kier molecular flexibility index (Phi) is 3.58. The summed E-state index contributed by atoms with van der Waals surface area (Å²) in [6.07, 6.45) is 5.84. The standard InChI is InChI=1S/C15H19N3O2/c19-14(18-8-4-2-1-3-5-9-18)11-6-7-12-13(10-11)17-15(20)16-12/h6-7,10H,1-5,8-9H2,(H2,16,17,20). The zero-order valence-electron chi connectivity index (χ0n) is 11.4. The van der Waals surface area contributed by atoms with Crippen molar-refractivity contribution >= 4 is 16.9 Å². The fourth-order valence-electron chi connectivity index (χ4n) is 2.80. The van der Waals surface area contributed by atoms with Crippen LogP contribution in [0, 0.1) is 0 Å². The molecule has 1 aromatic carbocycles. The summed E-state index contributed by atoms with van der Waals surface area (Å²) in [7, 11) is 0. The van der Waals surface area contributed by atoms with Gasteiger partial charge in [0.25, 0.3) is 5.91 Å². The molecule has 1 saturated heterocycles. The van der Waals surface area contributed by atoms with E-state index in [0.29, 0.717) is 11.1 Å². The molecule has 0 bridgehead atoms. The summed E-state index contributed by atoms with van der Waals surface area (Å²) in [6, 6.07) is 5.33. The van der Waals surface area contributed by atoms with Gasteiger partial charge in [-0.2, -0.15) is 0 Å². The van der Waals surface area contributed by atoms with Crippen molar-refractivity contribution in [3.8, 4) is 0 Å². The van der Waals surface area contributed by atoms with Crippen molar-refractivity contribution in [2.45, 2.75) is 32.1 Å². The number of aromatic nitrogens is 2. The number of amides is 1. The van der Waals surface area contributed by atoms with Gasteiger partial charge in [0.15, 0.2) is 0 Å². The Labute approximate surface area is 117 Å². The summed E-state index contributed by atoms with van der Waals surface area (Å²) in [6.45, 7) is 1.67. The van der Waals surface area contributed by atoms with E-state index in [4.69, 9.17) is 0 Å². The van der Waals surface area contributed by atoms with E-state index < -0.39 is 0 Å². The molecule has 1 aliphatic rings. The second-order valence-corrected chi connectivity index (χ2v) is 5.40. The van der Waals surface area contributed by atoms with Crippen molar-refractivity contribution in [2.24, 2.45) is 0 Å². The first-order valence-electron chi connectivity index (χ1n) is 7.25. The summed E-state index contributed by atoms with van der Waals surface area (Å²) in [5.41, 5.74) is 1.83. The first-order chi connectivity index (χ1) is 9.74. The van der Waals surface area contributed by atoms with Crippen LogP contribution in [0.4, 0.5) is 0 Å². The maximum absolute atomic E-state index is 12.5. The summed E-state index contributed by atoms with van der Waals surface area (Å²) < 4.78 is 0. The molecule has 2 heterocycles. The fraction of sp³-hybridized carbons (Fsp3) is 0.467. The van der Waals surface area contributed by atoms with Gasteiger partial charge in [0.05, 0.1) is 11.0 Å². The Morgan fingerprint density at radius 1 is 0.950 bits per heavy atom. The molecule has 0 spiro atoms. The van der Waals surface area contributed by atoms with E-state index >= 15 is 0 Å². The molecule has 5 nitrogen and oxygen atoms in total. The quantitative estimate of drug-likeness (QED) is 0.836. The first-order valence-corrected chi connectivity index (χ1v) is 7.25. The van der Waals surface area contributed by atoms with Crippen molar-refractivity contribution in [1.29, 1.82) is 0 Å². The van der Waals surface area contributed by atoms with Crippen LogP contribution in [0.1, 0.15) is 42.5 Å². The molecule has 0 saturated carbocycles. The summed E-state index contributed by atoms with van der Waals surface area (Å²) in [5.74, 6) is 0.0656. The number of hydrogen-bond donors (Lipinski definition) is 2. The third kappa shape index (κ3) is 2.61. The van der Waals surface area contributed by atoms with Gasteiger partial charge in [-0.25, -0.2) is 4.79 Å². The number of hydrogen-bond acceptors (Lipinski definition) is 2. The molecule has 0 radical (unpaired) electrons. The lowest BCUT2D eigenvalue weighted by Gasteiger charge is -2.24. The number of carbonyl (C=O) groups is 1. The highest BCUT2D eigenvalue weighted by Crippen LogP contribution is 2.16. The van der Waals surface area contributed by atoms with E-state index in [-0.39, 0.29) is 11.6 Å². The van der Waals surface area contributed by atoms with Gasteiger partial charge in [-0.3, -0.25) is 4.79 Å². The molecule has 2 N–H and O–H groups in total. The average Bonchev–Trinajstić information content (AvgIpc) is 2.76. The van der Waals surface area contributed by atoms with E-state index in [2.05, 4.69) is 9.97 Å². The second-order valence-electron chi connectivity index (χ2n) is 5.40. The molecule has 2 aromatic rings. The second kappa shape index (κ2) is 5.53. The number of nitrogens with zero attached hydrogens (tertiary/aromatic N) is 1. The molecule has 3 rings (SSSR count). The maximum Gasteiger partial charge on any atom is 0.323 e. The third-order valence-corrected chi connectivity index (χ3v) is 3.91. The van der Waals surface area contributed by atoms with Crippen molar-refractivity contribution in [2.75, 3.05) is 13.1 Å². The largest absolute Gasteiger partial charge is 0.339 e. The van der Waals surface area contributed by atoms with Crippen LogP contribution in [-0.4, -0.2) is 33.9 Å². The van der Waals surface area contributed by atoms with Gasteiger partial charge in [0, 0.05) is 18.7 Å². The predicted molar refractivity (Wildman–Crippen MR) is 77.9 cm³/mol. The van der Waals surface area contributed by atoms with Gasteiger partial charge in [0.1, 0.15) is 0 Å². The van der Waals surface area contributed by atoms with Crippen molar-refractivity contribution in [3.05, 3.63) is 34.2 Å². The van der Waals surface area contributed by atoms with Gasteiger partial charge in [-0.1, -0.05) is 19.3 Å². The first kappa shape index (κ1) is 13.0. The number of likely N-dealkylation sites (tertiary alicyclic amines) is 1. The monoisotopic (exact) mass is 273 g/mol. The summed E-state index contributed by atoms with van der Waals surface area (Å²) in [5, 5.41) is 0. The van der Waals surface area contributed by atoms with Crippen LogP contribution < -0.4 is 5.69 Å². The minimum Gasteiger partial charge on any atom is -0.339 e. The lowest BCUT2D eigenvalue weighted by atomic mass is 10.1. The van der Waals surface area contributed by atoms with Gasteiger partial charge in [-0.15, -0.1) is 0 Å². The summed E-state index contributed by atoms with van der Waals surface area (Å²) >= 11 is 0. The highest BCUT2D eigenvalue weighted by molar-refractivity contribution is 5.97. The highest BCUT2D eigenvalue weighted by Gasteiger charge is 2.17. The van der Waals surface area contributed by atoms with Crippen molar-refractivity contribution in [1.82, 2.24) is 14.9 Å². The van der Waals surface area contributed by atoms with E-state index in [0.717, 1.165) is 31.4 Å². The molecule has 1 aromatic heterocycles. The number of fused-ring (bicyclic) bond motifs is 1. The van der Waals surface area contributed by atoms with Gasteiger partial charge < -0.3 is 14.9 Å². The van der Waals surface area contributed by atoms with Crippen LogP contribution in [0.25, 0.3) is 11.0 Å². The van der Waals surface area contributed by atoms with Crippen molar-refractivity contribution < 1.29 is 4.79 Å². The Morgan fingerprint density at radius 2 is 1.60 bits per heavy atom. The zero-order valence-corrected chi connectivity index (χ0v) is 11.4. The van der Waals surface area contributed by atoms with Crippen LogP contribution in [0.15, 0.2) is 23.0 Å². The van der Waals surface area contributed by atoms with Crippen LogP contribution in [0.2, 0.25) is 0 Å². The number of aromatic amines is 2. The lowest BCUT2D eigenvalue weighted by Crippen LogP contribution is -2.33. The smallest absolute Gasteiger partial charge is 0.323 e. The molecule has 1 aliphatic heterocycles. The van der Waals surface area contributed by atoms with E-state index in [1.807, 2.05) is 4.90 Å². The molecule has 5 heteroatoms. The van der Waals surface area contributed by atoms with Gasteiger partial charge in [0.2, 0.25) is 0 Å². The Bertz CT molecular complexity index is 663. The van der Waals surface area contributed by atoms with E-state index in [9.17, 15) is 9.59 Å². The van der Waals surface area contributed by atoms with Crippen LogP contribution >= 0.6 is 0 Å². The minimum absolute atomic E-state index is 0.0656. The number of imidazole rings is 1. The topological polar surface area (TPSA) is 69.0 Å². The summed E-state index contributed by atoms with van der Waals surface area (Å²) in [4.78, 5) is 31.1. The number of carbonyl (C=O) groups excluding carboxylic acids is 1. The van der Waals surface area contributed by atoms with Crippen LogP contribution in [0.5, 0.6) is 0 Å². The molecular weight excluding hydrogens is 254 g/mol. The van der Waals surface area contributed by atoms with Gasteiger partial charge >= 0.3 is 5.69 Å². The molecule has 0 unspecified atom stereocenters. The van der Waals surface area contributed by atoms with E-state index in [1.54, 1.807) is 18.2 Å². The van der Waals surface area contributed by atoms with Gasteiger partial charge in [-0.05, 0) is 31.0 Å². The Hall–Kier alpha value is -2.04. The number of benzene rings is 1. The molecule has 20 heavy (non-hydrogen) atoms. The highest BCUT2D eigenvalue weighted by atomic mass is 16.2. The number of nitrogens with one attached hydrogen (secondary N) is 2. The normalized spacial score (nSPS) is 16.9. The molecule has 0 atom stereocenters. The van der Waals surface area contributed by atoms with Crippen LogP contribution in [-0.2, 0) is 0 Å². The van der Waals surface area contributed by atoms with E-state index in [1.165, 1.54) is 19.3 Å². The zero-order chi connectivity index (χ0) is 13.9. The predicted octanol–water partition coefficient (Wildman–Crippen LogP) is 2.26. The maximum atomic E-state index is 12.5. The number of H-pyrrole nitrogens is 2. The van der Waals surface area contributed by atoms with Crippen LogP contribution in [0.3, 0.4) is 0 Å². The lowest BCUT2D eigenvalue weighted by molar-refractivity contribution is 0.0742. The third-order valence-electron chi connectivity index (χ3n) is 3.91. The molecule has 1 amide bonds. The SMILES string of the molecule is O=C(c1ccc2[nH]c(=O)[nH]c2c1)N1CCCCCCC1. The van der Waals surface area contributed by atoms with Crippen molar-refractivity contribution in [3.63, 3.8) is 0 Å². The Balaban J connectivity index is 1.84. The number of rotatable bonds is 1. The molecule has 0 aliphatic carbocycles.